The van der Waals surface area contributed by atoms with Crippen molar-refractivity contribution in [3.63, 3.8) is 0 Å². The number of hydrogen-bond acceptors (Lipinski definition) is 4. The van der Waals surface area contributed by atoms with Gasteiger partial charge in [-0.15, -0.1) is 0 Å². The summed E-state index contributed by atoms with van der Waals surface area (Å²) in [6.07, 6.45) is 3.52. The highest BCUT2D eigenvalue weighted by Crippen LogP contribution is 2.39. The van der Waals surface area contributed by atoms with Gasteiger partial charge in [-0.2, -0.15) is 0 Å². The second kappa shape index (κ2) is 4.90. The Morgan fingerprint density at radius 3 is 2.88 bits per heavy atom. The summed E-state index contributed by atoms with van der Waals surface area (Å²) >= 11 is 0. The molecule has 1 aromatic heterocycles. The number of esters is 1. The zero-order chi connectivity index (χ0) is 12.4. The van der Waals surface area contributed by atoms with Crippen molar-refractivity contribution in [2.24, 2.45) is 5.92 Å². The van der Waals surface area contributed by atoms with E-state index in [1.807, 2.05) is 0 Å². The molecule has 94 valence electrons. The lowest BCUT2D eigenvalue weighted by Crippen LogP contribution is -2.04. The van der Waals surface area contributed by atoms with Crippen molar-refractivity contribution in [1.82, 2.24) is 4.98 Å². The molecule has 0 N–H and O–H groups in total. The maximum absolute atomic E-state index is 11.6. The molecule has 0 spiro atoms. The number of aryl methyl sites for hydroxylation is 1. The Kier molecular flexibility index (Phi) is 3.50. The molecule has 1 aliphatic carbocycles. The molecule has 1 saturated carbocycles. The zero-order valence-corrected chi connectivity index (χ0v) is 10.7. The van der Waals surface area contributed by atoms with Gasteiger partial charge in [0.2, 0.25) is 5.76 Å². The summed E-state index contributed by atoms with van der Waals surface area (Å²) < 4.78 is 10.5. The van der Waals surface area contributed by atoms with Crippen LogP contribution in [0.3, 0.4) is 0 Å². The summed E-state index contributed by atoms with van der Waals surface area (Å²) in [5.74, 6) is 1.51. The summed E-state index contributed by atoms with van der Waals surface area (Å²) in [4.78, 5) is 16.0. The van der Waals surface area contributed by atoms with Gasteiger partial charge in [0.15, 0.2) is 5.89 Å². The summed E-state index contributed by atoms with van der Waals surface area (Å²) in [6.45, 7) is 6.14. The van der Waals surface area contributed by atoms with Gasteiger partial charge >= 0.3 is 5.97 Å². The summed E-state index contributed by atoms with van der Waals surface area (Å²) in [5, 5.41) is 0. The minimum atomic E-state index is -0.408. The van der Waals surface area contributed by atoms with Gasteiger partial charge in [0.05, 0.1) is 12.3 Å². The van der Waals surface area contributed by atoms with E-state index in [4.69, 9.17) is 9.15 Å². The molecule has 0 aliphatic heterocycles. The van der Waals surface area contributed by atoms with Crippen molar-refractivity contribution in [1.29, 1.82) is 0 Å². The first-order valence-electron chi connectivity index (χ1n) is 6.28. The lowest BCUT2D eigenvalue weighted by molar-refractivity contribution is 0.0485. The van der Waals surface area contributed by atoms with Crippen molar-refractivity contribution in [2.75, 3.05) is 6.61 Å². The van der Waals surface area contributed by atoms with Crippen LogP contribution in [0.25, 0.3) is 0 Å². The fourth-order valence-electron chi connectivity index (χ4n) is 2.47. The highest BCUT2D eigenvalue weighted by Gasteiger charge is 2.30. The largest absolute Gasteiger partial charge is 0.460 e. The molecule has 0 saturated heterocycles. The van der Waals surface area contributed by atoms with Crippen molar-refractivity contribution >= 4 is 5.97 Å². The minimum absolute atomic E-state index is 0.265. The number of oxazole rings is 1. The quantitative estimate of drug-likeness (QED) is 0.758. The van der Waals surface area contributed by atoms with Gasteiger partial charge in [0, 0.05) is 5.92 Å². The molecule has 0 aromatic carbocycles. The number of hydrogen-bond donors (Lipinski definition) is 0. The SMILES string of the molecule is CCOC(=O)c1oc(C2CCCC2C)nc1C. The zero-order valence-electron chi connectivity index (χ0n) is 10.7. The monoisotopic (exact) mass is 237 g/mol. The Morgan fingerprint density at radius 2 is 2.29 bits per heavy atom. The molecule has 4 heteroatoms. The molecule has 2 unspecified atom stereocenters. The lowest BCUT2D eigenvalue weighted by atomic mass is 9.98. The minimum Gasteiger partial charge on any atom is -0.460 e. The van der Waals surface area contributed by atoms with Crippen LogP contribution in [0.1, 0.15) is 61.2 Å². The third-order valence-corrected chi connectivity index (χ3v) is 3.45. The molecule has 2 atom stereocenters. The Hall–Kier alpha value is -1.32. The Bertz CT molecular complexity index is 411. The lowest BCUT2D eigenvalue weighted by Gasteiger charge is -2.09. The molecule has 1 aliphatic rings. The first kappa shape index (κ1) is 12.1. The van der Waals surface area contributed by atoms with Crippen LogP contribution in [-0.4, -0.2) is 17.6 Å². The van der Waals surface area contributed by atoms with Gasteiger partial charge in [0.1, 0.15) is 0 Å². The predicted molar refractivity (Wildman–Crippen MR) is 63.0 cm³/mol. The number of nitrogens with zero attached hydrogens (tertiary/aromatic N) is 1. The molecule has 2 rings (SSSR count). The van der Waals surface area contributed by atoms with E-state index in [0.29, 0.717) is 30.0 Å². The van der Waals surface area contributed by atoms with E-state index < -0.39 is 5.97 Å². The Morgan fingerprint density at radius 1 is 1.53 bits per heavy atom. The van der Waals surface area contributed by atoms with Crippen LogP contribution in [0.15, 0.2) is 4.42 Å². The van der Waals surface area contributed by atoms with Gasteiger partial charge in [0.25, 0.3) is 0 Å². The normalized spacial score (nSPS) is 23.9. The highest BCUT2D eigenvalue weighted by atomic mass is 16.5. The third kappa shape index (κ3) is 2.35. The van der Waals surface area contributed by atoms with E-state index in [0.717, 1.165) is 6.42 Å². The van der Waals surface area contributed by atoms with E-state index in [1.165, 1.54) is 12.8 Å². The number of rotatable bonds is 3. The van der Waals surface area contributed by atoms with Crippen LogP contribution in [-0.2, 0) is 4.74 Å². The molecule has 0 bridgehead atoms. The van der Waals surface area contributed by atoms with Crippen molar-refractivity contribution in [3.8, 4) is 0 Å². The smallest absolute Gasteiger partial charge is 0.376 e. The highest BCUT2D eigenvalue weighted by molar-refractivity contribution is 5.87. The van der Waals surface area contributed by atoms with Crippen LogP contribution in [0.4, 0.5) is 0 Å². The number of carbonyl (C=O) groups is 1. The molecular weight excluding hydrogens is 218 g/mol. The fourth-order valence-corrected chi connectivity index (χ4v) is 2.47. The first-order chi connectivity index (χ1) is 8.13. The molecule has 1 fully saturated rings. The Balaban J connectivity index is 2.21. The van der Waals surface area contributed by atoms with E-state index in [1.54, 1.807) is 13.8 Å². The van der Waals surface area contributed by atoms with Crippen molar-refractivity contribution in [2.45, 2.75) is 46.0 Å². The number of aromatic nitrogens is 1. The van der Waals surface area contributed by atoms with Gasteiger partial charge < -0.3 is 9.15 Å². The van der Waals surface area contributed by atoms with Gasteiger partial charge in [-0.3, -0.25) is 0 Å². The first-order valence-corrected chi connectivity index (χ1v) is 6.28. The van der Waals surface area contributed by atoms with Crippen LogP contribution >= 0.6 is 0 Å². The van der Waals surface area contributed by atoms with Crippen molar-refractivity contribution < 1.29 is 13.9 Å². The van der Waals surface area contributed by atoms with Crippen LogP contribution in [0.2, 0.25) is 0 Å². The van der Waals surface area contributed by atoms with Crippen LogP contribution in [0.5, 0.6) is 0 Å². The average molecular weight is 237 g/mol. The Labute approximate surface area is 101 Å². The van der Waals surface area contributed by atoms with Crippen molar-refractivity contribution in [3.05, 3.63) is 17.3 Å². The fraction of sp³-hybridized carbons (Fsp3) is 0.692. The summed E-state index contributed by atoms with van der Waals surface area (Å²) in [5.41, 5.74) is 0.637. The molecule has 17 heavy (non-hydrogen) atoms. The topological polar surface area (TPSA) is 52.3 Å². The maximum atomic E-state index is 11.6. The van der Waals surface area contributed by atoms with E-state index in [2.05, 4.69) is 11.9 Å². The summed E-state index contributed by atoms with van der Waals surface area (Å²) in [7, 11) is 0. The van der Waals surface area contributed by atoms with Gasteiger partial charge in [-0.1, -0.05) is 13.3 Å². The van der Waals surface area contributed by atoms with Crippen LogP contribution in [0, 0.1) is 12.8 Å². The molecule has 1 aromatic rings. The molecule has 0 radical (unpaired) electrons. The second-order valence-electron chi connectivity index (χ2n) is 4.70. The third-order valence-electron chi connectivity index (χ3n) is 3.45. The van der Waals surface area contributed by atoms with E-state index >= 15 is 0 Å². The standard InChI is InChI=1S/C13H19NO3/c1-4-16-13(15)11-9(3)14-12(17-11)10-7-5-6-8(10)2/h8,10H,4-7H2,1-3H3. The van der Waals surface area contributed by atoms with Gasteiger partial charge in [-0.05, 0) is 32.6 Å². The maximum Gasteiger partial charge on any atom is 0.376 e. The molecular formula is C13H19NO3. The van der Waals surface area contributed by atoms with E-state index in [-0.39, 0.29) is 5.76 Å². The number of ether oxygens (including phenoxy) is 1. The van der Waals surface area contributed by atoms with Gasteiger partial charge in [-0.25, -0.2) is 9.78 Å². The van der Waals surface area contributed by atoms with Crippen LogP contribution < -0.4 is 0 Å². The summed E-state index contributed by atoms with van der Waals surface area (Å²) in [6, 6.07) is 0. The van der Waals surface area contributed by atoms with E-state index in [9.17, 15) is 4.79 Å². The number of carbonyl (C=O) groups excluding carboxylic acids is 1. The average Bonchev–Trinajstić information content (AvgIpc) is 2.84. The molecule has 4 nitrogen and oxygen atoms in total. The molecule has 1 heterocycles. The predicted octanol–water partition coefficient (Wildman–Crippen LogP) is 3.06. The second-order valence-corrected chi connectivity index (χ2v) is 4.70. The molecule has 0 amide bonds.